The van der Waals surface area contributed by atoms with Crippen molar-refractivity contribution in [3.05, 3.63) is 102 Å². The van der Waals surface area contributed by atoms with Crippen LogP contribution in [-0.2, 0) is 32.6 Å². The van der Waals surface area contributed by atoms with E-state index in [1.165, 1.54) is 15.3 Å². The first-order valence-corrected chi connectivity index (χ1v) is 16.0. The lowest BCUT2D eigenvalue weighted by atomic mass is 10.0. The number of carbonyl (C=O) groups is 2. The molecule has 1 aliphatic carbocycles. The minimum atomic E-state index is -3.58. The molecule has 0 radical (unpaired) electrons. The van der Waals surface area contributed by atoms with Gasteiger partial charge in [0.15, 0.2) is 0 Å². The van der Waals surface area contributed by atoms with E-state index in [2.05, 4.69) is 5.32 Å². The summed E-state index contributed by atoms with van der Waals surface area (Å²) in [6, 6.07) is 23.6. The van der Waals surface area contributed by atoms with Gasteiger partial charge in [-0.25, -0.2) is 12.8 Å². The number of para-hydroxylation sites is 1. The fraction of sp³-hybridized carbons (Fsp3) is 0.375. The first kappa shape index (κ1) is 30.2. The highest BCUT2D eigenvalue weighted by molar-refractivity contribution is 7.92. The van der Waals surface area contributed by atoms with Gasteiger partial charge in [0.05, 0.1) is 11.9 Å². The maximum Gasteiger partial charge on any atom is 0.243 e. The monoisotopic (exact) mass is 579 g/mol. The van der Waals surface area contributed by atoms with Crippen molar-refractivity contribution < 1.29 is 22.4 Å². The zero-order valence-corrected chi connectivity index (χ0v) is 24.2. The smallest absolute Gasteiger partial charge is 0.243 e. The van der Waals surface area contributed by atoms with E-state index >= 15 is 0 Å². The van der Waals surface area contributed by atoms with Crippen molar-refractivity contribution in [2.45, 2.75) is 63.6 Å². The average Bonchev–Trinajstić information content (AvgIpc) is 3.47. The van der Waals surface area contributed by atoms with Gasteiger partial charge < -0.3 is 10.2 Å². The molecule has 1 fully saturated rings. The molecule has 1 aliphatic rings. The lowest BCUT2D eigenvalue weighted by Gasteiger charge is -2.33. The molecule has 7 nitrogen and oxygen atoms in total. The van der Waals surface area contributed by atoms with Crippen LogP contribution in [0.5, 0.6) is 0 Å². The van der Waals surface area contributed by atoms with Crippen LogP contribution in [0.25, 0.3) is 0 Å². The van der Waals surface area contributed by atoms with Crippen molar-refractivity contribution in [2.24, 2.45) is 0 Å². The van der Waals surface area contributed by atoms with Gasteiger partial charge in [-0.2, -0.15) is 0 Å². The summed E-state index contributed by atoms with van der Waals surface area (Å²) in [6.07, 6.45) is 5.52. The van der Waals surface area contributed by atoms with Crippen LogP contribution in [0.2, 0.25) is 0 Å². The molecular formula is C32H38FN3O4S. The van der Waals surface area contributed by atoms with Gasteiger partial charge in [0.2, 0.25) is 21.8 Å². The topological polar surface area (TPSA) is 86.8 Å². The van der Waals surface area contributed by atoms with Crippen molar-refractivity contribution >= 4 is 27.5 Å². The molecule has 0 bridgehead atoms. The molecule has 218 valence electrons. The molecular weight excluding hydrogens is 541 g/mol. The average molecular weight is 580 g/mol. The molecule has 1 N–H and O–H groups in total. The summed E-state index contributed by atoms with van der Waals surface area (Å²) >= 11 is 0. The van der Waals surface area contributed by atoms with Crippen molar-refractivity contribution in [3.63, 3.8) is 0 Å². The summed E-state index contributed by atoms with van der Waals surface area (Å²) in [5, 5.41) is 3.14. The van der Waals surface area contributed by atoms with Gasteiger partial charge >= 0.3 is 0 Å². The lowest BCUT2D eigenvalue weighted by molar-refractivity contribution is -0.141. The number of benzene rings is 3. The van der Waals surface area contributed by atoms with Crippen LogP contribution >= 0.6 is 0 Å². The van der Waals surface area contributed by atoms with Crippen LogP contribution in [0.3, 0.4) is 0 Å². The number of hydrogen-bond acceptors (Lipinski definition) is 4. The summed E-state index contributed by atoms with van der Waals surface area (Å²) in [7, 11) is -3.58. The molecule has 0 aromatic heterocycles. The highest BCUT2D eigenvalue weighted by Crippen LogP contribution is 2.22. The molecule has 4 rings (SSSR count). The molecule has 41 heavy (non-hydrogen) atoms. The minimum Gasteiger partial charge on any atom is -0.352 e. The fourth-order valence-electron chi connectivity index (χ4n) is 5.33. The Labute approximate surface area is 242 Å². The molecule has 3 aromatic carbocycles. The summed E-state index contributed by atoms with van der Waals surface area (Å²) in [4.78, 5) is 29.1. The van der Waals surface area contributed by atoms with Crippen molar-refractivity contribution in [2.75, 3.05) is 17.1 Å². The first-order chi connectivity index (χ1) is 19.7. The molecule has 0 unspecified atom stereocenters. The fourth-order valence-corrected chi connectivity index (χ4v) is 6.30. The van der Waals surface area contributed by atoms with E-state index in [4.69, 9.17) is 0 Å². The number of sulfonamides is 1. The summed E-state index contributed by atoms with van der Waals surface area (Å²) < 4.78 is 41.1. The number of nitrogens with one attached hydrogen (secondary N) is 1. The van der Waals surface area contributed by atoms with E-state index in [0.29, 0.717) is 11.3 Å². The van der Waals surface area contributed by atoms with Crippen LogP contribution < -0.4 is 9.62 Å². The van der Waals surface area contributed by atoms with Crippen LogP contribution in [-0.4, -0.2) is 50.0 Å². The highest BCUT2D eigenvalue weighted by atomic mass is 32.2. The van der Waals surface area contributed by atoms with E-state index in [0.717, 1.165) is 37.5 Å². The number of rotatable bonds is 13. The third-order valence-corrected chi connectivity index (χ3v) is 8.66. The Morgan fingerprint density at radius 1 is 0.927 bits per heavy atom. The lowest BCUT2D eigenvalue weighted by Crippen LogP contribution is -2.52. The van der Waals surface area contributed by atoms with E-state index in [1.54, 1.807) is 48.5 Å². The van der Waals surface area contributed by atoms with Crippen molar-refractivity contribution in [3.8, 4) is 0 Å². The van der Waals surface area contributed by atoms with Crippen molar-refractivity contribution in [1.82, 2.24) is 10.2 Å². The van der Waals surface area contributed by atoms with E-state index in [1.807, 2.05) is 30.3 Å². The predicted octanol–water partition coefficient (Wildman–Crippen LogP) is 5.07. The molecule has 3 aromatic rings. The first-order valence-electron chi connectivity index (χ1n) is 14.1. The van der Waals surface area contributed by atoms with Gasteiger partial charge in [-0.1, -0.05) is 79.6 Å². The quantitative estimate of drug-likeness (QED) is 0.306. The van der Waals surface area contributed by atoms with Gasteiger partial charge in [-0.15, -0.1) is 0 Å². The Morgan fingerprint density at radius 3 is 2.17 bits per heavy atom. The maximum atomic E-state index is 14.8. The number of amides is 2. The number of hydrogen-bond donors (Lipinski definition) is 1. The van der Waals surface area contributed by atoms with E-state index < -0.39 is 21.9 Å². The molecule has 0 aliphatic heterocycles. The Bertz CT molecular complexity index is 1400. The number of nitrogens with zero attached hydrogens (tertiary/aromatic N) is 2. The van der Waals surface area contributed by atoms with Gasteiger partial charge in [-0.3, -0.25) is 13.9 Å². The summed E-state index contributed by atoms with van der Waals surface area (Å²) in [6.45, 7) is 0.0231. The zero-order valence-electron chi connectivity index (χ0n) is 23.4. The minimum absolute atomic E-state index is 0.00466. The number of halogens is 1. The Balaban J connectivity index is 1.59. The SMILES string of the molecule is CS(=O)(=O)N(CCCC(=O)N(Cc1ccccc1F)[C@@H](Cc1ccccc1)C(=O)NC1CCCC1)c1ccccc1. The number of carbonyl (C=O) groups excluding carboxylic acids is 2. The van der Waals surface area contributed by atoms with Gasteiger partial charge in [0.25, 0.3) is 0 Å². The maximum absolute atomic E-state index is 14.8. The predicted molar refractivity (Wildman–Crippen MR) is 159 cm³/mol. The third-order valence-electron chi connectivity index (χ3n) is 7.47. The second-order valence-electron chi connectivity index (χ2n) is 10.6. The van der Waals surface area contributed by atoms with Gasteiger partial charge in [-0.05, 0) is 43.0 Å². The van der Waals surface area contributed by atoms with Crippen LogP contribution in [0.1, 0.15) is 49.7 Å². The van der Waals surface area contributed by atoms with Crippen molar-refractivity contribution in [1.29, 1.82) is 0 Å². The summed E-state index contributed by atoms with van der Waals surface area (Å²) in [5.74, 6) is -1.04. The number of anilines is 1. The third kappa shape index (κ3) is 8.63. The summed E-state index contributed by atoms with van der Waals surface area (Å²) in [5.41, 5.74) is 1.72. The second-order valence-corrected chi connectivity index (χ2v) is 12.5. The second kappa shape index (κ2) is 14.3. The van der Waals surface area contributed by atoms with Crippen LogP contribution in [0, 0.1) is 5.82 Å². The van der Waals surface area contributed by atoms with E-state index in [9.17, 15) is 22.4 Å². The standard InChI is InChI=1S/C32H38FN3O4S/c1-41(39,40)36(28-18-6-3-7-19-28)22-12-21-31(37)35(24-26-15-8-11-20-29(26)33)30(23-25-13-4-2-5-14-25)32(38)34-27-16-9-10-17-27/h2-8,11,13-15,18-20,27,30H,9-10,12,16-17,21-24H2,1H3,(H,34,38)/t30-/m0/s1. The molecule has 2 amide bonds. The Kier molecular flexibility index (Phi) is 10.5. The molecule has 0 saturated heterocycles. The van der Waals surface area contributed by atoms with Gasteiger partial charge in [0, 0.05) is 37.5 Å². The molecule has 0 spiro atoms. The van der Waals surface area contributed by atoms with Crippen LogP contribution in [0.15, 0.2) is 84.9 Å². The largest absolute Gasteiger partial charge is 0.352 e. The van der Waals surface area contributed by atoms with Gasteiger partial charge in [0.1, 0.15) is 11.9 Å². The van der Waals surface area contributed by atoms with E-state index in [-0.39, 0.29) is 50.2 Å². The highest BCUT2D eigenvalue weighted by Gasteiger charge is 2.32. The molecule has 1 saturated carbocycles. The molecule has 1 atom stereocenters. The Morgan fingerprint density at radius 2 is 1.54 bits per heavy atom. The molecule has 0 heterocycles. The zero-order chi connectivity index (χ0) is 29.2. The normalized spacial score (nSPS) is 14.4. The Hall–Kier alpha value is -3.72. The molecule has 9 heteroatoms. The van der Waals surface area contributed by atoms with Crippen LogP contribution in [0.4, 0.5) is 10.1 Å².